The van der Waals surface area contributed by atoms with E-state index >= 15 is 0 Å². The highest BCUT2D eigenvalue weighted by Gasteiger charge is 2.20. The van der Waals surface area contributed by atoms with Crippen LogP contribution in [0.15, 0.2) is 42.7 Å². The maximum absolute atomic E-state index is 11.4. The Balaban J connectivity index is 1.76. The van der Waals surface area contributed by atoms with Gasteiger partial charge in [-0.15, -0.1) is 0 Å². The molecule has 2 aromatic carbocycles. The number of methoxy groups -OCH3 is 2. The van der Waals surface area contributed by atoms with Crippen molar-refractivity contribution >= 4 is 39.9 Å². The van der Waals surface area contributed by atoms with Gasteiger partial charge in [-0.2, -0.15) is 0 Å². The average Bonchev–Trinajstić information content (AvgIpc) is 2.80. The second-order valence-electron chi connectivity index (χ2n) is 7.21. The van der Waals surface area contributed by atoms with Gasteiger partial charge in [0.1, 0.15) is 17.3 Å². The highest BCUT2D eigenvalue weighted by Crippen LogP contribution is 2.46. The van der Waals surface area contributed by atoms with Gasteiger partial charge in [-0.3, -0.25) is 10.1 Å². The molecule has 0 bridgehead atoms. The number of nitro benzene ring substituents is 1. The third kappa shape index (κ3) is 4.27. The summed E-state index contributed by atoms with van der Waals surface area (Å²) in [6, 6.07) is 8.38. The number of nitro groups is 1. The minimum absolute atomic E-state index is 0.0401. The molecule has 0 aliphatic rings. The fourth-order valence-electron chi connectivity index (χ4n) is 3.57. The second kappa shape index (κ2) is 9.17. The molecule has 0 unspecified atom stereocenters. The van der Waals surface area contributed by atoms with Crippen molar-refractivity contribution in [3.63, 3.8) is 0 Å². The fraction of sp³-hybridized carbons (Fsp3) is 0.174. The molecule has 0 saturated carbocycles. The van der Waals surface area contributed by atoms with E-state index in [1.165, 1.54) is 20.3 Å². The molecule has 4 aromatic rings. The number of hydrogen-bond donors (Lipinski definition) is 0. The Morgan fingerprint density at radius 1 is 1.03 bits per heavy atom. The summed E-state index contributed by atoms with van der Waals surface area (Å²) in [5, 5.41) is 12.7. The molecule has 0 amide bonds. The van der Waals surface area contributed by atoms with Crippen molar-refractivity contribution < 1.29 is 14.4 Å². The maximum Gasteiger partial charge on any atom is 0.273 e. The average molecular weight is 485 g/mol. The van der Waals surface area contributed by atoms with Gasteiger partial charge in [0.2, 0.25) is 0 Å². The van der Waals surface area contributed by atoms with Crippen molar-refractivity contribution in [2.75, 3.05) is 14.2 Å². The van der Waals surface area contributed by atoms with Crippen molar-refractivity contribution in [2.45, 2.75) is 13.3 Å². The Bertz CT molecular complexity index is 1370. The van der Waals surface area contributed by atoms with Crippen molar-refractivity contribution in [2.24, 2.45) is 0 Å². The molecule has 0 spiro atoms. The number of rotatable bonds is 6. The van der Waals surface area contributed by atoms with Crippen LogP contribution >= 0.6 is 23.2 Å². The molecule has 168 valence electrons. The quantitative estimate of drug-likeness (QED) is 0.250. The Morgan fingerprint density at radius 2 is 1.73 bits per heavy atom. The van der Waals surface area contributed by atoms with Gasteiger partial charge in [0.25, 0.3) is 5.69 Å². The number of halogens is 2. The number of fused-ring (bicyclic) bond motifs is 1. The molecule has 4 rings (SSSR count). The lowest BCUT2D eigenvalue weighted by Gasteiger charge is -2.15. The van der Waals surface area contributed by atoms with Crippen LogP contribution in [-0.2, 0) is 6.42 Å². The smallest absolute Gasteiger partial charge is 0.273 e. The highest BCUT2D eigenvalue weighted by atomic mass is 35.5. The first-order valence-corrected chi connectivity index (χ1v) is 10.5. The topological polar surface area (TPSA) is 100 Å². The van der Waals surface area contributed by atoms with Gasteiger partial charge in [-0.05, 0) is 18.6 Å². The maximum atomic E-state index is 11.4. The molecule has 2 aromatic heterocycles. The summed E-state index contributed by atoms with van der Waals surface area (Å²) >= 11 is 13.0. The number of aryl methyl sites for hydroxylation is 1. The van der Waals surface area contributed by atoms with Crippen molar-refractivity contribution in [1.29, 1.82) is 0 Å². The molecule has 0 fully saturated rings. The van der Waals surface area contributed by atoms with E-state index in [9.17, 15) is 10.1 Å². The summed E-state index contributed by atoms with van der Waals surface area (Å²) in [7, 11) is 3.01. The minimum atomic E-state index is -0.399. The summed E-state index contributed by atoms with van der Waals surface area (Å²) in [5.41, 5.74) is 3.01. The molecule has 33 heavy (non-hydrogen) atoms. The number of hydrogen-bond acceptors (Lipinski definition) is 7. The van der Waals surface area contributed by atoms with E-state index in [0.717, 1.165) is 5.56 Å². The molecule has 0 saturated heterocycles. The van der Waals surface area contributed by atoms with E-state index in [1.807, 2.05) is 19.1 Å². The molecular weight excluding hydrogens is 467 g/mol. The predicted molar refractivity (Wildman–Crippen MR) is 127 cm³/mol. The molecule has 0 aliphatic carbocycles. The van der Waals surface area contributed by atoms with Gasteiger partial charge in [-0.25, -0.2) is 15.0 Å². The van der Waals surface area contributed by atoms with E-state index in [2.05, 4.69) is 15.0 Å². The number of ether oxygens (including phenoxy) is 2. The molecular formula is C23H18Cl2N4O4. The lowest BCUT2D eigenvalue weighted by Crippen LogP contribution is -2.03. The molecule has 0 radical (unpaired) electrons. The standard InChI is InChI=1S/C23H18Cl2N4O4/c1-12-5-4-6-16(29(30)31)15(12)8-19-26-11-14-7-13(10-27-23(14)28-19)20-21(24)17(32-2)9-18(33-3)22(20)25/h4-7,9-11H,8H2,1-3H3. The minimum Gasteiger partial charge on any atom is -0.495 e. The SMILES string of the molecule is COc1cc(OC)c(Cl)c(-c2cnc3nc(Cc4c(C)cccc4[N+](=O)[O-])ncc3c2)c1Cl. The molecule has 10 heteroatoms. The zero-order valence-electron chi connectivity index (χ0n) is 17.9. The van der Waals surface area contributed by atoms with E-state index in [1.54, 1.807) is 24.5 Å². The van der Waals surface area contributed by atoms with Crippen LogP contribution in [0.5, 0.6) is 11.5 Å². The Kier molecular flexibility index (Phi) is 6.31. The van der Waals surface area contributed by atoms with Crippen LogP contribution in [0.3, 0.4) is 0 Å². The van der Waals surface area contributed by atoms with Gasteiger partial charge >= 0.3 is 0 Å². The monoisotopic (exact) mass is 484 g/mol. The molecule has 0 atom stereocenters. The van der Waals surface area contributed by atoms with Crippen molar-refractivity contribution in [3.05, 3.63) is 79.8 Å². The van der Waals surface area contributed by atoms with Crippen LogP contribution in [0, 0.1) is 17.0 Å². The first-order valence-electron chi connectivity index (χ1n) is 9.79. The van der Waals surface area contributed by atoms with Gasteiger partial charge in [0.05, 0.1) is 29.2 Å². The third-order valence-corrected chi connectivity index (χ3v) is 6.01. The third-order valence-electron chi connectivity index (χ3n) is 5.26. The summed E-state index contributed by atoms with van der Waals surface area (Å²) < 4.78 is 10.7. The zero-order chi connectivity index (χ0) is 23.7. The molecule has 0 N–H and O–H groups in total. The lowest BCUT2D eigenvalue weighted by atomic mass is 10.0. The van der Waals surface area contributed by atoms with Crippen molar-refractivity contribution in [3.8, 4) is 22.6 Å². The Morgan fingerprint density at radius 3 is 2.36 bits per heavy atom. The Labute approximate surface area is 199 Å². The normalized spacial score (nSPS) is 10.9. The van der Waals surface area contributed by atoms with Gasteiger partial charge in [0, 0.05) is 53.0 Å². The summed E-state index contributed by atoms with van der Waals surface area (Å²) in [4.78, 5) is 24.4. The van der Waals surface area contributed by atoms with Crippen LogP contribution < -0.4 is 9.47 Å². The second-order valence-corrected chi connectivity index (χ2v) is 7.97. The number of aromatic nitrogens is 3. The van der Waals surface area contributed by atoms with E-state index < -0.39 is 4.92 Å². The van der Waals surface area contributed by atoms with Crippen LogP contribution in [-0.4, -0.2) is 34.1 Å². The zero-order valence-corrected chi connectivity index (χ0v) is 19.4. The van der Waals surface area contributed by atoms with E-state index in [0.29, 0.717) is 55.1 Å². The van der Waals surface area contributed by atoms with Crippen LogP contribution in [0.25, 0.3) is 22.2 Å². The van der Waals surface area contributed by atoms with E-state index in [4.69, 9.17) is 32.7 Å². The summed E-state index contributed by atoms with van der Waals surface area (Å²) in [6.45, 7) is 1.82. The number of pyridine rings is 1. The van der Waals surface area contributed by atoms with Crippen LogP contribution in [0.4, 0.5) is 5.69 Å². The summed E-state index contributed by atoms with van der Waals surface area (Å²) in [5.74, 6) is 1.26. The van der Waals surface area contributed by atoms with Crippen molar-refractivity contribution in [1.82, 2.24) is 15.0 Å². The molecule has 2 heterocycles. The predicted octanol–water partition coefficient (Wildman–Crippen LogP) is 5.82. The lowest BCUT2D eigenvalue weighted by molar-refractivity contribution is -0.385. The highest BCUT2D eigenvalue weighted by molar-refractivity contribution is 6.41. The fourth-order valence-corrected chi connectivity index (χ4v) is 4.28. The largest absolute Gasteiger partial charge is 0.495 e. The van der Waals surface area contributed by atoms with E-state index in [-0.39, 0.29) is 12.1 Å². The van der Waals surface area contributed by atoms with Gasteiger partial charge in [0.15, 0.2) is 5.65 Å². The first-order chi connectivity index (χ1) is 15.8. The van der Waals surface area contributed by atoms with Crippen LogP contribution in [0.2, 0.25) is 10.0 Å². The molecule has 0 aliphatic heterocycles. The van der Waals surface area contributed by atoms with Crippen LogP contribution in [0.1, 0.15) is 17.0 Å². The Hall–Kier alpha value is -3.49. The number of nitrogens with zero attached hydrogens (tertiary/aromatic N) is 4. The summed E-state index contributed by atoms with van der Waals surface area (Å²) in [6.07, 6.45) is 3.44. The van der Waals surface area contributed by atoms with Gasteiger partial charge < -0.3 is 9.47 Å². The van der Waals surface area contributed by atoms with Gasteiger partial charge in [-0.1, -0.05) is 35.3 Å². The first kappa shape index (κ1) is 22.7. The molecule has 8 nitrogen and oxygen atoms in total. The number of benzene rings is 2.